The van der Waals surface area contributed by atoms with Crippen LogP contribution in [0.25, 0.3) is 0 Å². The number of benzene rings is 1. The highest BCUT2D eigenvalue weighted by molar-refractivity contribution is 5.36. The van der Waals surface area contributed by atoms with Crippen molar-refractivity contribution in [1.29, 1.82) is 0 Å². The lowest BCUT2D eigenvalue weighted by Gasteiger charge is -2.16. The molecule has 7 heteroatoms. The number of aryl methyl sites for hydroxylation is 1. The van der Waals surface area contributed by atoms with E-state index in [9.17, 15) is 18.3 Å². The van der Waals surface area contributed by atoms with Gasteiger partial charge in [0.2, 0.25) is 0 Å². The average Bonchev–Trinajstić information content (AvgIpc) is 2.87. The largest absolute Gasteiger partial charge is 0.493 e. The third kappa shape index (κ3) is 2.73. The second kappa shape index (κ2) is 6.17. The fraction of sp³-hybridized carbons (Fsp3) is 0.357. The molecule has 0 aliphatic rings. The van der Waals surface area contributed by atoms with Crippen LogP contribution >= 0.6 is 0 Å². The molecule has 1 aromatic carbocycles. The highest BCUT2D eigenvalue weighted by atomic mass is 19.2. The Kier molecular flexibility index (Phi) is 4.52. The topological polar surface area (TPSA) is 47.3 Å². The molecule has 0 amide bonds. The van der Waals surface area contributed by atoms with Crippen LogP contribution in [0.1, 0.15) is 30.7 Å². The Hall–Kier alpha value is -2.02. The van der Waals surface area contributed by atoms with Crippen LogP contribution < -0.4 is 4.74 Å². The number of methoxy groups -OCH3 is 1. The molecule has 0 aliphatic carbocycles. The molecule has 1 N–H and O–H groups in total. The number of hydrogen-bond acceptors (Lipinski definition) is 3. The van der Waals surface area contributed by atoms with E-state index in [4.69, 9.17) is 4.74 Å². The van der Waals surface area contributed by atoms with Crippen LogP contribution in [0, 0.1) is 17.5 Å². The quantitative estimate of drug-likeness (QED) is 0.864. The van der Waals surface area contributed by atoms with Gasteiger partial charge in [0.1, 0.15) is 11.8 Å². The van der Waals surface area contributed by atoms with E-state index in [-0.39, 0.29) is 17.0 Å². The number of halogens is 3. The third-order valence-electron chi connectivity index (χ3n) is 3.12. The van der Waals surface area contributed by atoms with Gasteiger partial charge in [-0.3, -0.25) is 4.68 Å². The van der Waals surface area contributed by atoms with Crippen LogP contribution in [0.3, 0.4) is 0 Å². The van der Waals surface area contributed by atoms with Gasteiger partial charge >= 0.3 is 0 Å². The van der Waals surface area contributed by atoms with E-state index < -0.39 is 23.6 Å². The van der Waals surface area contributed by atoms with Gasteiger partial charge in [-0.25, -0.2) is 13.2 Å². The summed E-state index contributed by atoms with van der Waals surface area (Å²) < 4.78 is 46.6. The normalized spacial score (nSPS) is 12.5. The lowest BCUT2D eigenvalue weighted by Crippen LogP contribution is -2.13. The van der Waals surface area contributed by atoms with Crippen LogP contribution in [0.5, 0.6) is 5.75 Å². The first-order chi connectivity index (χ1) is 10.0. The molecule has 0 spiro atoms. The van der Waals surface area contributed by atoms with E-state index in [0.29, 0.717) is 6.54 Å². The van der Waals surface area contributed by atoms with Gasteiger partial charge in [-0.1, -0.05) is 6.92 Å². The van der Waals surface area contributed by atoms with Gasteiger partial charge in [0.15, 0.2) is 23.2 Å². The summed E-state index contributed by atoms with van der Waals surface area (Å²) in [5.74, 6) is -4.10. The minimum absolute atomic E-state index is 0.198. The smallest absolute Gasteiger partial charge is 0.194 e. The van der Waals surface area contributed by atoms with E-state index in [1.165, 1.54) is 18.0 Å². The zero-order chi connectivity index (χ0) is 15.6. The number of aliphatic hydroxyl groups is 1. The molecule has 0 saturated carbocycles. The van der Waals surface area contributed by atoms with Gasteiger partial charge < -0.3 is 9.84 Å². The van der Waals surface area contributed by atoms with Gasteiger partial charge in [-0.15, -0.1) is 0 Å². The van der Waals surface area contributed by atoms with Crippen molar-refractivity contribution in [2.75, 3.05) is 7.11 Å². The van der Waals surface area contributed by atoms with Gasteiger partial charge in [-0.05, 0) is 18.6 Å². The van der Waals surface area contributed by atoms with E-state index in [1.807, 2.05) is 6.92 Å². The maximum absolute atomic E-state index is 13.8. The fourth-order valence-electron chi connectivity index (χ4n) is 2.10. The molecular weight excluding hydrogens is 285 g/mol. The van der Waals surface area contributed by atoms with Crippen molar-refractivity contribution in [3.05, 3.63) is 47.0 Å². The predicted octanol–water partition coefficient (Wildman–Crippen LogP) is 2.80. The van der Waals surface area contributed by atoms with Crippen molar-refractivity contribution < 1.29 is 23.0 Å². The molecule has 21 heavy (non-hydrogen) atoms. The van der Waals surface area contributed by atoms with Crippen LogP contribution in [0.15, 0.2) is 18.3 Å². The second-order valence-corrected chi connectivity index (χ2v) is 4.49. The lowest BCUT2D eigenvalue weighted by molar-refractivity contribution is 0.195. The van der Waals surface area contributed by atoms with E-state index in [0.717, 1.165) is 18.6 Å². The first-order valence-electron chi connectivity index (χ1n) is 6.42. The molecule has 2 rings (SSSR count). The van der Waals surface area contributed by atoms with Gasteiger partial charge in [0, 0.05) is 12.1 Å². The van der Waals surface area contributed by atoms with Crippen molar-refractivity contribution in [1.82, 2.24) is 9.78 Å². The highest BCUT2D eigenvalue weighted by Gasteiger charge is 2.26. The minimum atomic E-state index is -1.62. The molecule has 1 heterocycles. The summed E-state index contributed by atoms with van der Waals surface area (Å²) in [6, 6.07) is 1.77. The van der Waals surface area contributed by atoms with Crippen molar-refractivity contribution in [3.63, 3.8) is 0 Å². The summed E-state index contributed by atoms with van der Waals surface area (Å²) in [6.07, 6.45) is 0.598. The molecule has 0 fully saturated rings. The summed E-state index contributed by atoms with van der Waals surface area (Å²) >= 11 is 0. The highest BCUT2D eigenvalue weighted by Crippen LogP contribution is 2.32. The zero-order valence-electron chi connectivity index (χ0n) is 11.6. The molecule has 0 bridgehead atoms. The Balaban J connectivity index is 2.51. The molecule has 0 aliphatic heterocycles. The predicted molar refractivity (Wildman–Crippen MR) is 69.4 cm³/mol. The monoisotopic (exact) mass is 300 g/mol. The summed E-state index contributed by atoms with van der Waals surface area (Å²) in [6.45, 7) is 2.38. The Labute approximate surface area is 119 Å². The number of ether oxygens (including phenoxy) is 1. The minimum Gasteiger partial charge on any atom is -0.493 e. The lowest BCUT2D eigenvalue weighted by atomic mass is 10.0. The first-order valence-corrected chi connectivity index (χ1v) is 6.42. The number of aliphatic hydroxyl groups excluding tert-OH is 1. The van der Waals surface area contributed by atoms with Crippen molar-refractivity contribution in [3.8, 4) is 5.75 Å². The Morgan fingerprint density at radius 2 is 2.00 bits per heavy atom. The Bertz CT molecular complexity index is 643. The fourth-order valence-corrected chi connectivity index (χ4v) is 2.10. The molecule has 4 nitrogen and oxygen atoms in total. The second-order valence-electron chi connectivity index (χ2n) is 4.49. The molecular formula is C14H15F3N2O2. The molecule has 2 aromatic rings. The SMILES string of the molecule is CCCn1ncc(OC)c1C(O)c1ccc(F)c(F)c1F. The van der Waals surface area contributed by atoms with Gasteiger partial charge in [0.05, 0.1) is 13.3 Å². The maximum Gasteiger partial charge on any atom is 0.194 e. The Morgan fingerprint density at radius 1 is 1.29 bits per heavy atom. The van der Waals surface area contributed by atoms with Crippen LogP contribution in [0.2, 0.25) is 0 Å². The summed E-state index contributed by atoms with van der Waals surface area (Å²) in [4.78, 5) is 0. The number of rotatable bonds is 5. The maximum atomic E-state index is 13.8. The molecule has 1 atom stereocenters. The van der Waals surface area contributed by atoms with E-state index in [2.05, 4.69) is 5.10 Å². The molecule has 0 saturated heterocycles. The standard InChI is InChI=1S/C14H15F3N2O2/c1-3-6-19-13(10(21-2)7-18-19)14(20)8-4-5-9(15)12(17)11(8)16/h4-5,7,14,20H,3,6H2,1-2H3. The number of hydrogen-bond donors (Lipinski definition) is 1. The van der Waals surface area contributed by atoms with Crippen LogP contribution in [0.4, 0.5) is 13.2 Å². The number of aromatic nitrogens is 2. The molecule has 114 valence electrons. The van der Waals surface area contributed by atoms with Gasteiger partial charge in [0.25, 0.3) is 0 Å². The van der Waals surface area contributed by atoms with Crippen LogP contribution in [-0.4, -0.2) is 22.0 Å². The summed E-state index contributed by atoms with van der Waals surface area (Å²) in [5, 5.41) is 14.4. The Morgan fingerprint density at radius 3 is 2.62 bits per heavy atom. The van der Waals surface area contributed by atoms with Crippen LogP contribution in [-0.2, 0) is 6.54 Å². The van der Waals surface area contributed by atoms with E-state index in [1.54, 1.807) is 0 Å². The van der Waals surface area contributed by atoms with Crippen molar-refractivity contribution in [2.45, 2.75) is 26.0 Å². The summed E-state index contributed by atoms with van der Waals surface area (Å²) in [5.41, 5.74) is -0.172. The number of nitrogens with zero attached hydrogens (tertiary/aromatic N) is 2. The van der Waals surface area contributed by atoms with Crippen molar-refractivity contribution in [2.24, 2.45) is 0 Å². The molecule has 0 radical (unpaired) electrons. The van der Waals surface area contributed by atoms with Gasteiger partial charge in [-0.2, -0.15) is 5.10 Å². The zero-order valence-corrected chi connectivity index (χ0v) is 11.6. The van der Waals surface area contributed by atoms with E-state index >= 15 is 0 Å². The third-order valence-corrected chi connectivity index (χ3v) is 3.12. The summed E-state index contributed by atoms with van der Waals surface area (Å²) in [7, 11) is 1.38. The van der Waals surface area contributed by atoms with Crippen molar-refractivity contribution >= 4 is 0 Å². The molecule has 1 unspecified atom stereocenters. The molecule has 1 aromatic heterocycles. The first kappa shape index (κ1) is 15.4. The average molecular weight is 300 g/mol.